The zero-order valence-corrected chi connectivity index (χ0v) is 8.90. The summed E-state index contributed by atoms with van der Waals surface area (Å²) < 4.78 is 15.4. The topological polar surface area (TPSA) is 44.8 Å². The van der Waals surface area contributed by atoms with Crippen LogP contribution in [0.4, 0.5) is 0 Å². The SMILES string of the molecule is C=CCCC1(C=CC(=O)OC)OCCO1. The first-order chi connectivity index (χ1) is 7.22. The largest absolute Gasteiger partial charge is 0.466 e. The second-order valence-electron chi connectivity index (χ2n) is 3.19. The van der Waals surface area contributed by atoms with E-state index >= 15 is 0 Å². The minimum absolute atomic E-state index is 0.410. The molecular weight excluding hydrogens is 196 g/mol. The van der Waals surface area contributed by atoms with Gasteiger partial charge in [-0.3, -0.25) is 0 Å². The highest BCUT2D eigenvalue weighted by Crippen LogP contribution is 2.26. The lowest BCUT2D eigenvalue weighted by Gasteiger charge is -2.22. The molecule has 1 fully saturated rings. The molecule has 4 nitrogen and oxygen atoms in total. The third-order valence-corrected chi connectivity index (χ3v) is 2.15. The first-order valence-corrected chi connectivity index (χ1v) is 4.88. The normalized spacial score (nSPS) is 19.3. The van der Waals surface area contributed by atoms with E-state index in [0.29, 0.717) is 19.6 Å². The average Bonchev–Trinajstić information content (AvgIpc) is 2.72. The van der Waals surface area contributed by atoms with Gasteiger partial charge in [0, 0.05) is 12.5 Å². The molecule has 4 heteroatoms. The van der Waals surface area contributed by atoms with Crippen molar-refractivity contribution in [1.82, 2.24) is 0 Å². The van der Waals surface area contributed by atoms with E-state index in [1.807, 2.05) is 0 Å². The smallest absolute Gasteiger partial charge is 0.330 e. The average molecular weight is 212 g/mol. The molecule has 0 spiro atoms. The van der Waals surface area contributed by atoms with Gasteiger partial charge in [-0.1, -0.05) is 6.08 Å². The molecular formula is C11H16O4. The Bertz CT molecular complexity index is 251. The molecule has 0 amide bonds. The second kappa shape index (κ2) is 5.68. The second-order valence-corrected chi connectivity index (χ2v) is 3.19. The van der Waals surface area contributed by atoms with Crippen LogP contribution in [0, 0.1) is 0 Å². The van der Waals surface area contributed by atoms with Crippen molar-refractivity contribution in [3.05, 3.63) is 24.8 Å². The van der Waals surface area contributed by atoms with Crippen molar-refractivity contribution in [3.8, 4) is 0 Å². The van der Waals surface area contributed by atoms with E-state index in [2.05, 4.69) is 11.3 Å². The number of methoxy groups -OCH3 is 1. The van der Waals surface area contributed by atoms with Crippen LogP contribution in [0.25, 0.3) is 0 Å². The van der Waals surface area contributed by atoms with Crippen LogP contribution in [-0.2, 0) is 19.0 Å². The molecule has 0 aromatic heterocycles. The zero-order chi connectivity index (χ0) is 11.1. The molecule has 84 valence electrons. The van der Waals surface area contributed by atoms with Crippen molar-refractivity contribution in [3.63, 3.8) is 0 Å². The predicted molar refractivity (Wildman–Crippen MR) is 55.2 cm³/mol. The van der Waals surface area contributed by atoms with Crippen LogP contribution in [0.1, 0.15) is 12.8 Å². The Morgan fingerprint density at radius 1 is 1.53 bits per heavy atom. The molecule has 0 bridgehead atoms. The molecule has 0 aromatic rings. The Labute approximate surface area is 89.5 Å². The summed E-state index contributed by atoms with van der Waals surface area (Å²) in [6.45, 7) is 4.73. The highest BCUT2D eigenvalue weighted by Gasteiger charge is 2.33. The summed E-state index contributed by atoms with van der Waals surface area (Å²) in [6.07, 6.45) is 6.15. The van der Waals surface area contributed by atoms with E-state index < -0.39 is 11.8 Å². The third-order valence-electron chi connectivity index (χ3n) is 2.15. The van der Waals surface area contributed by atoms with Crippen molar-refractivity contribution >= 4 is 5.97 Å². The minimum Gasteiger partial charge on any atom is -0.466 e. The first kappa shape index (κ1) is 11.9. The summed E-state index contributed by atoms with van der Waals surface area (Å²) in [5, 5.41) is 0. The van der Waals surface area contributed by atoms with E-state index in [1.54, 1.807) is 12.2 Å². The number of hydrogen-bond donors (Lipinski definition) is 0. The molecule has 1 heterocycles. The molecule has 0 unspecified atom stereocenters. The lowest BCUT2D eigenvalue weighted by Crippen LogP contribution is -2.27. The number of rotatable bonds is 5. The lowest BCUT2D eigenvalue weighted by molar-refractivity contribution is -0.136. The van der Waals surface area contributed by atoms with Gasteiger partial charge in [-0.2, -0.15) is 0 Å². The molecule has 1 aliphatic rings. The number of allylic oxidation sites excluding steroid dienone is 1. The van der Waals surface area contributed by atoms with Crippen LogP contribution < -0.4 is 0 Å². The summed E-state index contributed by atoms with van der Waals surface area (Å²) in [5.41, 5.74) is 0. The summed E-state index contributed by atoms with van der Waals surface area (Å²) in [6, 6.07) is 0. The lowest BCUT2D eigenvalue weighted by atomic mass is 10.1. The predicted octanol–water partition coefficient (Wildman–Crippen LogP) is 1.42. The van der Waals surface area contributed by atoms with Crippen LogP contribution >= 0.6 is 0 Å². The molecule has 0 N–H and O–H groups in total. The van der Waals surface area contributed by atoms with Gasteiger partial charge in [0.05, 0.1) is 20.3 Å². The number of carbonyl (C=O) groups is 1. The fourth-order valence-corrected chi connectivity index (χ4v) is 1.36. The summed E-state index contributed by atoms with van der Waals surface area (Å²) >= 11 is 0. The molecule has 0 aliphatic carbocycles. The van der Waals surface area contributed by atoms with Crippen molar-refractivity contribution in [2.45, 2.75) is 18.6 Å². The van der Waals surface area contributed by atoms with Crippen molar-refractivity contribution in [2.75, 3.05) is 20.3 Å². The maximum atomic E-state index is 10.9. The molecule has 0 atom stereocenters. The Kier molecular flexibility index (Phi) is 4.52. The quantitative estimate of drug-likeness (QED) is 0.393. The maximum absolute atomic E-state index is 10.9. The van der Waals surface area contributed by atoms with Gasteiger partial charge >= 0.3 is 5.97 Å². The molecule has 1 saturated heterocycles. The molecule has 0 saturated carbocycles. The van der Waals surface area contributed by atoms with Crippen LogP contribution in [0.2, 0.25) is 0 Å². The van der Waals surface area contributed by atoms with Gasteiger partial charge < -0.3 is 14.2 Å². The first-order valence-electron chi connectivity index (χ1n) is 4.88. The van der Waals surface area contributed by atoms with Crippen molar-refractivity contribution in [2.24, 2.45) is 0 Å². The standard InChI is InChI=1S/C11H16O4/c1-3-4-6-11(14-8-9-15-11)7-5-10(12)13-2/h3,5,7H,1,4,6,8-9H2,2H3. The summed E-state index contributed by atoms with van der Waals surface area (Å²) in [7, 11) is 1.33. The molecule has 1 rings (SSSR count). The molecule has 0 aromatic carbocycles. The van der Waals surface area contributed by atoms with Gasteiger partial charge in [0.25, 0.3) is 0 Å². The maximum Gasteiger partial charge on any atom is 0.330 e. The Morgan fingerprint density at radius 2 is 2.20 bits per heavy atom. The Balaban J connectivity index is 2.60. The Morgan fingerprint density at radius 3 is 2.73 bits per heavy atom. The highest BCUT2D eigenvalue weighted by molar-refractivity contribution is 5.81. The number of ether oxygens (including phenoxy) is 3. The van der Waals surface area contributed by atoms with E-state index in [-0.39, 0.29) is 0 Å². The number of esters is 1. The summed E-state index contributed by atoms with van der Waals surface area (Å²) in [4.78, 5) is 10.9. The van der Waals surface area contributed by atoms with Crippen LogP contribution in [0.3, 0.4) is 0 Å². The molecule has 0 radical (unpaired) electrons. The van der Waals surface area contributed by atoms with Gasteiger partial charge in [0.2, 0.25) is 0 Å². The third kappa shape index (κ3) is 3.49. The fourth-order valence-electron chi connectivity index (χ4n) is 1.36. The fraction of sp³-hybridized carbons (Fsp3) is 0.545. The molecule has 15 heavy (non-hydrogen) atoms. The number of carbonyl (C=O) groups excluding carboxylic acids is 1. The van der Waals surface area contributed by atoms with Gasteiger partial charge in [0.1, 0.15) is 0 Å². The van der Waals surface area contributed by atoms with E-state index in [0.717, 1.165) is 6.42 Å². The van der Waals surface area contributed by atoms with Gasteiger partial charge in [-0.15, -0.1) is 6.58 Å². The van der Waals surface area contributed by atoms with Crippen LogP contribution in [0.5, 0.6) is 0 Å². The number of hydrogen-bond acceptors (Lipinski definition) is 4. The zero-order valence-electron chi connectivity index (χ0n) is 8.90. The van der Waals surface area contributed by atoms with E-state index in [9.17, 15) is 4.79 Å². The van der Waals surface area contributed by atoms with Gasteiger partial charge in [0.15, 0.2) is 5.79 Å². The van der Waals surface area contributed by atoms with Crippen LogP contribution in [-0.4, -0.2) is 32.1 Å². The molecule has 1 aliphatic heterocycles. The Hall–Kier alpha value is -1.13. The van der Waals surface area contributed by atoms with E-state index in [1.165, 1.54) is 13.2 Å². The minimum atomic E-state index is -0.775. The van der Waals surface area contributed by atoms with Crippen molar-refractivity contribution in [1.29, 1.82) is 0 Å². The summed E-state index contributed by atoms with van der Waals surface area (Å²) in [5.74, 6) is -1.19. The van der Waals surface area contributed by atoms with Gasteiger partial charge in [-0.25, -0.2) is 4.79 Å². The van der Waals surface area contributed by atoms with E-state index in [4.69, 9.17) is 9.47 Å². The van der Waals surface area contributed by atoms with Crippen molar-refractivity contribution < 1.29 is 19.0 Å². The van der Waals surface area contributed by atoms with Crippen LogP contribution in [0.15, 0.2) is 24.8 Å². The van der Waals surface area contributed by atoms with Gasteiger partial charge in [-0.05, 0) is 12.5 Å². The highest BCUT2D eigenvalue weighted by atomic mass is 16.7. The monoisotopic (exact) mass is 212 g/mol.